The number of phenols is 1. The SMILES string of the molecule is C=CC(=O)Nc1cccc(Nc2ncc(CC)c(N(Cc3cccc(NC(=O)CC)c3)C(C)=O)n2)c1.Cc1cc(O)c(Cl)c(C)c1Cl. The van der Waals surface area contributed by atoms with E-state index in [9.17, 15) is 19.5 Å². The van der Waals surface area contributed by atoms with Gasteiger partial charge in [0.1, 0.15) is 11.6 Å². The molecule has 0 saturated carbocycles. The number of aromatic hydroxyl groups is 1. The van der Waals surface area contributed by atoms with Gasteiger partial charge in [-0.05, 0) is 79.4 Å². The molecular formula is C35H38Cl2N6O4. The summed E-state index contributed by atoms with van der Waals surface area (Å²) in [6.45, 7) is 12.6. The molecule has 0 radical (unpaired) electrons. The van der Waals surface area contributed by atoms with Gasteiger partial charge in [0.05, 0.1) is 11.6 Å². The number of carbonyl (C=O) groups is 3. The van der Waals surface area contributed by atoms with Gasteiger partial charge in [-0.1, -0.05) is 61.8 Å². The summed E-state index contributed by atoms with van der Waals surface area (Å²) in [5, 5.41) is 18.9. The van der Waals surface area contributed by atoms with Gasteiger partial charge in [0.15, 0.2) is 0 Å². The first-order valence-electron chi connectivity index (χ1n) is 14.8. The van der Waals surface area contributed by atoms with Crippen LogP contribution in [-0.2, 0) is 27.3 Å². The summed E-state index contributed by atoms with van der Waals surface area (Å²) in [4.78, 5) is 46.7. The molecule has 0 aliphatic heterocycles. The number of halogens is 2. The number of nitrogens with zero attached hydrogens (tertiary/aromatic N) is 3. The number of phenolic OH excluding ortho intramolecular Hbond substituents is 1. The minimum Gasteiger partial charge on any atom is -0.506 e. The topological polar surface area (TPSA) is 137 Å². The molecule has 0 spiro atoms. The molecule has 47 heavy (non-hydrogen) atoms. The van der Waals surface area contributed by atoms with Crippen LogP contribution in [0, 0.1) is 13.8 Å². The third-order valence-electron chi connectivity index (χ3n) is 6.89. The van der Waals surface area contributed by atoms with E-state index in [0.29, 0.717) is 51.7 Å². The zero-order chi connectivity index (χ0) is 34.7. The number of aromatic nitrogens is 2. The van der Waals surface area contributed by atoms with Crippen LogP contribution in [-0.4, -0.2) is 32.8 Å². The van der Waals surface area contributed by atoms with Gasteiger partial charge in [-0.25, -0.2) is 4.98 Å². The summed E-state index contributed by atoms with van der Waals surface area (Å²) in [5.41, 5.74) is 5.17. The van der Waals surface area contributed by atoms with Crippen molar-refractivity contribution >= 4 is 69.8 Å². The van der Waals surface area contributed by atoms with Crippen LogP contribution in [0.15, 0.2) is 73.4 Å². The van der Waals surface area contributed by atoms with E-state index in [1.165, 1.54) is 13.0 Å². The van der Waals surface area contributed by atoms with Gasteiger partial charge in [0.2, 0.25) is 23.7 Å². The van der Waals surface area contributed by atoms with Gasteiger partial charge in [-0.3, -0.25) is 19.3 Å². The summed E-state index contributed by atoms with van der Waals surface area (Å²) >= 11 is 11.6. The summed E-state index contributed by atoms with van der Waals surface area (Å²) in [6.07, 6.45) is 3.91. The van der Waals surface area contributed by atoms with Gasteiger partial charge in [-0.2, -0.15) is 4.98 Å². The van der Waals surface area contributed by atoms with Crippen molar-refractivity contribution in [3.8, 4) is 5.75 Å². The molecule has 0 aliphatic rings. The van der Waals surface area contributed by atoms with Crippen LogP contribution in [0.3, 0.4) is 0 Å². The Labute approximate surface area is 284 Å². The summed E-state index contributed by atoms with van der Waals surface area (Å²) < 4.78 is 0. The maximum atomic E-state index is 12.7. The summed E-state index contributed by atoms with van der Waals surface area (Å²) in [5.74, 6) is 0.334. The number of amides is 3. The summed E-state index contributed by atoms with van der Waals surface area (Å²) in [6, 6.07) is 16.1. The third-order valence-corrected chi connectivity index (χ3v) is 7.94. The van der Waals surface area contributed by atoms with E-state index in [4.69, 9.17) is 23.2 Å². The second-order valence-electron chi connectivity index (χ2n) is 10.5. The van der Waals surface area contributed by atoms with Crippen molar-refractivity contribution in [1.82, 2.24) is 9.97 Å². The fourth-order valence-corrected chi connectivity index (χ4v) is 4.72. The Morgan fingerprint density at radius 1 is 0.957 bits per heavy atom. The Morgan fingerprint density at radius 3 is 2.26 bits per heavy atom. The molecule has 0 aliphatic carbocycles. The van der Waals surface area contributed by atoms with Crippen molar-refractivity contribution in [2.75, 3.05) is 20.9 Å². The number of aryl methyl sites for hydroxylation is 2. The second kappa shape index (κ2) is 17.1. The van der Waals surface area contributed by atoms with E-state index in [0.717, 1.165) is 22.3 Å². The zero-order valence-corrected chi connectivity index (χ0v) is 28.5. The molecule has 0 fully saturated rings. The van der Waals surface area contributed by atoms with Crippen molar-refractivity contribution in [1.29, 1.82) is 0 Å². The highest BCUT2D eigenvalue weighted by Gasteiger charge is 2.19. The predicted molar refractivity (Wildman–Crippen MR) is 190 cm³/mol. The highest BCUT2D eigenvalue weighted by Crippen LogP contribution is 2.34. The lowest BCUT2D eigenvalue weighted by atomic mass is 10.1. The average molecular weight is 678 g/mol. The molecule has 0 unspecified atom stereocenters. The number of anilines is 5. The van der Waals surface area contributed by atoms with Gasteiger partial charge in [0.25, 0.3) is 0 Å². The first kappa shape index (κ1) is 36.5. The molecule has 4 N–H and O–H groups in total. The quantitative estimate of drug-likeness (QED) is 0.125. The Morgan fingerprint density at radius 2 is 1.62 bits per heavy atom. The van der Waals surface area contributed by atoms with Gasteiger partial charge in [0, 0.05) is 47.2 Å². The van der Waals surface area contributed by atoms with Crippen LogP contribution in [0.5, 0.6) is 5.75 Å². The Hall–Kier alpha value is -4.93. The van der Waals surface area contributed by atoms with E-state index < -0.39 is 0 Å². The van der Waals surface area contributed by atoms with Crippen molar-refractivity contribution < 1.29 is 19.5 Å². The van der Waals surface area contributed by atoms with E-state index in [1.54, 1.807) is 49.2 Å². The summed E-state index contributed by atoms with van der Waals surface area (Å²) in [7, 11) is 0. The third kappa shape index (κ3) is 10.3. The Balaban J connectivity index is 0.000000461. The van der Waals surface area contributed by atoms with E-state index in [2.05, 4.69) is 32.5 Å². The molecule has 0 atom stereocenters. The first-order chi connectivity index (χ1) is 22.4. The lowest BCUT2D eigenvalue weighted by Gasteiger charge is -2.23. The number of hydrogen-bond acceptors (Lipinski definition) is 7. The lowest BCUT2D eigenvalue weighted by molar-refractivity contribution is -0.117. The molecule has 0 bridgehead atoms. The Kier molecular flexibility index (Phi) is 13.3. The standard InChI is InChI=1S/C27H30N6O3.C8H8Cl2O/c1-5-20-16-28-27(31-23-13-9-12-22(15-23)30-25(36)7-3)32-26(20)33(18(4)34)17-19-10-8-11-21(14-19)29-24(35)6-2;1-4-3-6(11)8(10)5(2)7(4)9/h7-16H,3,5-6,17H2,1-2,4H3,(H,29,35)(H,30,36)(H,28,31,32);3,11H,1-2H3. The molecule has 3 amide bonds. The number of hydrogen-bond donors (Lipinski definition) is 4. The molecule has 4 aromatic rings. The normalized spacial score (nSPS) is 10.3. The molecule has 1 aromatic heterocycles. The van der Waals surface area contributed by atoms with Gasteiger partial charge in [-0.15, -0.1) is 0 Å². The largest absolute Gasteiger partial charge is 0.506 e. The molecular weight excluding hydrogens is 639 g/mol. The highest BCUT2D eigenvalue weighted by atomic mass is 35.5. The molecule has 3 aromatic carbocycles. The van der Waals surface area contributed by atoms with Crippen molar-refractivity contribution in [3.63, 3.8) is 0 Å². The fraction of sp³-hybridized carbons (Fsp3) is 0.229. The number of nitrogens with one attached hydrogen (secondary N) is 3. The number of rotatable bonds is 10. The van der Waals surface area contributed by atoms with E-state index in [-0.39, 0.29) is 30.0 Å². The molecule has 0 saturated heterocycles. The molecule has 4 rings (SSSR count). The van der Waals surface area contributed by atoms with Crippen LogP contribution < -0.4 is 20.9 Å². The zero-order valence-electron chi connectivity index (χ0n) is 26.9. The van der Waals surface area contributed by atoms with E-state index in [1.807, 2.05) is 44.2 Å². The number of carbonyl (C=O) groups excluding carboxylic acids is 3. The van der Waals surface area contributed by atoms with Crippen LogP contribution in [0.2, 0.25) is 10.0 Å². The average Bonchev–Trinajstić information content (AvgIpc) is 3.05. The smallest absolute Gasteiger partial charge is 0.247 e. The minimum absolute atomic E-state index is 0.0801. The monoisotopic (exact) mass is 676 g/mol. The maximum absolute atomic E-state index is 12.7. The van der Waals surface area contributed by atoms with Crippen LogP contribution in [0.25, 0.3) is 0 Å². The molecule has 246 valence electrons. The fourth-order valence-electron chi connectivity index (χ4n) is 4.37. The van der Waals surface area contributed by atoms with Crippen LogP contribution >= 0.6 is 23.2 Å². The minimum atomic E-state index is -0.312. The predicted octanol–water partition coefficient (Wildman–Crippen LogP) is 8.12. The van der Waals surface area contributed by atoms with Crippen LogP contribution in [0.1, 0.15) is 49.4 Å². The van der Waals surface area contributed by atoms with Crippen molar-refractivity contribution in [3.05, 3.63) is 106 Å². The number of benzene rings is 3. The Bertz CT molecular complexity index is 1750. The van der Waals surface area contributed by atoms with E-state index >= 15 is 0 Å². The molecule has 1 heterocycles. The maximum Gasteiger partial charge on any atom is 0.247 e. The van der Waals surface area contributed by atoms with Crippen LogP contribution in [0.4, 0.5) is 28.8 Å². The second-order valence-corrected chi connectivity index (χ2v) is 11.2. The van der Waals surface area contributed by atoms with Gasteiger partial charge >= 0.3 is 0 Å². The van der Waals surface area contributed by atoms with Gasteiger partial charge < -0.3 is 21.1 Å². The molecule has 12 heteroatoms. The first-order valence-corrected chi connectivity index (χ1v) is 15.6. The lowest BCUT2D eigenvalue weighted by Crippen LogP contribution is -2.30. The highest BCUT2D eigenvalue weighted by molar-refractivity contribution is 6.37. The van der Waals surface area contributed by atoms with Crippen molar-refractivity contribution in [2.45, 2.75) is 54.0 Å². The molecule has 10 nitrogen and oxygen atoms in total. The van der Waals surface area contributed by atoms with Crippen molar-refractivity contribution in [2.24, 2.45) is 0 Å².